The van der Waals surface area contributed by atoms with E-state index in [4.69, 9.17) is 0 Å². The Balaban J connectivity index is 1.75. The van der Waals surface area contributed by atoms with E-state index in [-0.39, 0.29) is 12.0 Å². The topological polar surface area (TPSA) is 79.3 Å². The van der Waals surface area contributed by atoms with Crippen LogP contribution in [0.25, 0.3) is 10.9 Å². The van der Waals surface area contributed by atoms with E-state index in [1.54, 1.807) is 30.3 Å². The number of carbonyl (C=O) groups excluding carboxylic acids is 1. The van der Waals surface area contributed by atoms with Gasteiger partial charge in [0.05, 0.1) is 16.6 Å². The Morgan fingerprint density at radius 1 is 1.07 bits per heavy atom. The zero-order valence-electron chi connectivity index (χ0n) is 14.4. The number of carbonyl (C=O) groups is 2. The number of nitrogens with one attached hydrogen (secondary N) is 1. The van der Waals surface area contributed by atoms with Crippen molar-refractivity contribution in [1.29, 1.82) is 0 Å². The molecular weight excluding hydrogens is 373 g/mol. The van der Waals surface area contributed by atoms with E-state index in [1.165, 1.54) is 18.3 Å². The van der Waals surface area contributed by atoms with Crippen molar-refractivity contribution >= 4 is 22.8 Å². The number of hydrogen-bond donors (Lipinski definition) is 2. The second-order valence-corrected chi connectivity index (χ2v) is 6.18. The summed E-state index contributed by atoms with van der Waals surface area (Å²) >= 11 is 0. The van der Waals surface area contributed by atoms with Gasteiger partial charge in [0.2, 0.25) is 0 Å². The van der Waals surface area contributed by atoms with Gasteiger partial charge in [0.25, 0.3) is 5.91 Å². The lowest BCUT2D eigenvalue weighted by Crippen LogP contribution is -2.42. The number of benzene rings is 2. The fraction of sp³-hybridized carbons (Fsp3) is 0.150. The van der Waals surface area contributed by atoms with Crippen molar-refractivity contribution in [2.75, 3.05) is 0 Å². The maximum atomic E-state index is 12.6. The fourth-order valence-electron chi connectivity index (χ4n) is 2.70. The highest BCUT2D eigenvalue weighted by Gasteiger charge is 2.30. The Bertz CT molecular complexity index is 1020. The van der Waals surface area contributed by atoms with Crippen LogP contribution in [0.5, 0.6) is 0 Å². The van der Waals surface area contributed by atoms with Crippen LogP contribution in [0.4, 0.5) is 13.2 Å². The Kier molecular flexibility index (Phi) is 5.30. The molecule has 0 aliphatic rings. The molecule has 8 heteroatoms. The lowest BCUT2D eigenvalue weighted by Gasteiger charge is -2.15. The Labute approximate surface area is 157 Å². The first kappa shape index (κ1) is 19.3. The van der Waals surface area contributed by atoms with Crippen LogP contribution in [0, 0.1) is 0 Å². The first-order valence-corrected chi connectivity index (χ1v) is 8.28. The molecule has 144 valence electrons. The standard InChI is InChI=1S/C20H15F3N2O3/c21-20(22,23)15-7-5-12(6-8-15)9-17(19(27)28)25-18(26)14-10-13-3-1-2-4-16(13)24-11-14/h1-8,10-11,17H,9H2,(H,25,26)(H,27,28)/t17-/m0/s1. The molecule has 5 nitrogen and oxygen atoms in total. The van der Waals surface area contributed by atoms with Crippen molar-refractivity contribution in [3.63, 3.8) is 0 Å². The van der Waals surface area contributed by atoms with Gasteiger partial charge < -0.3 is 10.4 Å². The van der Waals surface area contributed by atoms with Crippen molar-refractivity contribution in [3.05, 3.63) is 77.5 Å². The van der Waals surface area contributed by atoms with Crippen LogP contribution in [0.2, 0.25) is 0 Å². The van der Waals surface area contributed by atoms with Gasteiger partial charge in [-0.15, -0.1) is 0 Å². The van der Waals surface area contributed by atoms with E-state index in [0.29, 0.717) is 11.1 Å². The molecule has 1 heterocycles. The van der Waals surface area contributed by atoms with Crippen molar-refractivity contribution < 1.29 is 27.9 Å². The Morgan fingerprint density at radius 2 is 1.75 bits per heavy atom. The summed E-state index contributed by atoms with van der Waals surface area (Å²) in [5.41, 5.74) is 0.419. The molecule has 2 N–H and O–H groups in total. The van der Waals surface area contributed by atoms with Gasteiger partial charge in [-0.25, -0.2) is 4.79 Å². The van der Waals surface area contributed by atoms with Gasteiger partial charge in [-0.3, -0.25) is 9.78 Å². The smallest absolute Gasteiger partial charge is 0.416 e. The molecule has 28 heavy (non-hydrogen) atoms. The van der Waals surface area contributed by atoms with Gasteiger partial charge in [0.1, 0.15) is 6.04 Å². The van der Waals surface area contributed by atoms with E-state index < -0.39 is 29.7 Å². The number of aliphatic carboxylic acids is 1. The van der Waals surface area contributed by atoms with Gasteiger partial charge in [0.15, 0.2) is 0 Å². The lowest BCUT2D eigenvalue weighted by atomic mass is 10.0. The van der Waals surface area contributed by atoms with Crippen LogP contribution >= 0.6 is 0 Å². The normalized spacial score (nSPS) is 12.5. The number of carboxylic acid groups (broad SMARTS) is 1. The number of alkyl halides is 3. The van der Waals surface area contributed by atoms with E-state index in [1.807, 2.05) is 0 Å². The van der Waals surface area contributed by atoms with Crippen LogP contribution in [0.1, 0.15) is 21.5 Å². The monoisotopic (exact) mass is 388 g/mol. The minimum absolute atomic E-state index is 0.153. The molecule has 1 atom stereocenters. The van der Waals surface area contributed by atoms with Crippen molar-refractivity contribution in [3.8, 4) is 0 Å². The molecule has 0 bridgehead atoms. The molecule has 0 radical (unpaired) electrons. The minimum Gasteiger partial charge on any atom is -0.480 e. The van der Waals surface area contributed by atoms with Gasteiger partial charge in [-0.1, -0.05) is 30.3 Å². The van der Waals surface area contributed by atoms with Gasteiger partial charge in [0, 0.05) is 18.0 Å². The molecule has 0 fully saturated rings. The Hall–Kier alpha value is -3.42. The lowest BCUT2D eigenvalue weighted by molar-refractivity contribution is -0.139. The molecule has 0 aliphatic heterocycles. The Morgan fingerprint density at radius 3 is 2.39 bits per heavy atom. The quantitative estimate of drug-likeness (QED) is 0.699. The third kappa shape index (κ3) is 4.46. The van der Waals surface area contributed by atoms with Crippen LogP contribution in [-0.4, -0.2) is 28.0 Å². The second kappa shape index (κ2) is 7.67. The fourth-order valence-corrected chi connectivity index (χ4v) is 2.70. The summed E-state index contributed by atoms with van der Waals surface area (Å²) in [6.07, 6.45) is -3.28. The maximum absolute atomic E-state index is 12.6. The first-order valence-electron chi connectivity index (χ1n) is 8.28. The van der Waals surface area contributed by atoms with E-state index in [2.05, 4.69) is 10.3 Å². The summed E-state index contributed by atoms with van der Waals surface area (Å²) in [6, 6.07) is 11.6. The number of hydrogen-bond acceptors (Lipinski definition) is 3. The predicted octanol–water partition coefficient (Wildman–Crippen LogP) is 3.68. The predicted molar refractivity (Wildman–Crippen MR) is 95.8 cm³/mol. The van der Waals surface area contributed by atoms with Crippen molar-refractivity contribution in [2.45, 2.75) is 18.6 Å². The van der Waals surface area contributed by atoms with Crippen LogP contribution in [-0.2, 0) is 17.4 Å². The second-order valence-electron chi connectivity index (χ2n) is 6.18. The number of carboxylic acids is 1. The van der Waals surface area contributed by atoms with Crippen LogP contribution in [0.3, 0.4) is 0 Å². The molecule has 0 unspecified atom stereocenters. The number of fused-ring (bicyclic) bond motifs is 1. The van der Waals surface area contributed by atoms with Crippen LogP contribution in [0.15, 0.2) is 60.8 Å². The molecule has 2 aromatic carbocycles. The molecule has 1 amide bonds. The zero-order chi connectivity index (χ0) is 20.3. The van der Waals surface area contributed by atoms with Crippen molar-refractivity contribution in [2.24, 2.45) is 0 Å². The number of halogens is 3. The number of para-hydroxylation sites is 1. The maximum Gasteiger partial charge on any atom is 0.416 e. The molecule has 0 aliphatic carbocycles. The zero-order valence-corrected chi connectivity index (χ0v) is 14.4. The number of pyridine rings is 1. The van der Waals surface area contributed by atoms with E-state index in [0.717, 1.165) is 17.5 Å². The van der Waals surface area contributed by atoms with E-state index in [9.17, 15) is 27.9 Å². The summed E-state index contributed by atoms with van der Waals surface area (Å²) in [4.78, 5) is 28.1. The molecule has 0 saturated carbocycles. The molecule has 0 saturated heterocycles. The highest BCUT2D eigenvalue weighted by atomic mass is 19.4. The molecular formula is C20H15F3N2O3. The first-order chi connectivity index (χ1) is 13.2. The summed E-state index contributed by atoms with van der Waals surface area (Å²) in [7, 11) is 0. The summed E-state index contributed by atoms with van der Waals surface area (Å²) < 4.78 is 37.9. The molecule has 3 aromatic rings. The highest BCUT2D eigenvalue weighted by molar-refractivity contribution is 5.99. The number of nitrogens with zero attached hydrogens (tertiary/aromatic N) is 1. The SMILES string of the molecule is O=C(N[C@@H](Cc1ccc(C(F)(F)F)cc1)C(=O)O)c1cnc2ccccc2c1. The summed E-state index contributed by atoms with van der Waals surface area (Å²) in [5.74, 6) is -1.92. The third-order valence-electron chi connectivity index (χ3n) is 4.18. The molecule has 1 aromatic heterocycles. The van der Waals surface area contributed by atoms with Crippen LogP contribution < -0.4 is 5.32 Å². The summed E-state index contributed by atoms with van der Waals surface area (Å²) in [5, 5.41) is 12.5. The molecule has 3 rings (SSSR count). The van der Waals surface area contributed by atoms with Gasteiger partial charge in [-0.05, 0) is 29.8 Å². The van der Waals surface area contributed by atoms with E-state index >= 15 is 0 Å². The number of amides is 1. The number of rotatable bonds is 5. The average Bonchev–Trinajstić information content (AvgIpc) is 2.66. The minimum atomic E-state index is -4.47. The van der Waals surface area contributed by atoms with Gasteiger partial charge in [-0.2, -0.15) is 13.2 Å². The third-order valence-corrected chi connectivity index (χ3v) is 4.18. The molecule has 0 spiro atoms. The summed E-state index contributed by atoms with van der Waals surface area (Å²) in [6.45, 7) is 0. The highest BCUT2D eigenvalue weighted by Crippen LogP contribution is 2.29. The van der Waals surface area contributed by atoms with Crippen molar-refractivity contribution in [1.82, 2.24) is 10.3 Å². The largest absolute Gasteiger partial charge is 0.480 e. The number of aromatic nitrogens is 1. The average molecular weight is 388 g/mol. The van der Waals surface area contributed by atoms with Gasteiger partial charge >= 0.3 is 12.1 Å².